The predicted molar refractivity (Wildman–Crippen MR) is 75.8 cm³/mol. The third-order valence-electron chi connectivity index (χ3n) is 2.61. The van der Waals surface area contributed by atoms with Crippen molar-refractivity contribution in [3.63, 3.8) is 0 Å². The lowest BCUT2D eigenvalue weighted by Gasteiger charge is -2.11. The van der Waals surface area contributed by atoms with Crippen molar-refractivity contribution < 1.29 is 4.39 Å². The second-order valence-corrected chi connectivity index (χ2v) is 5.05. The van der Waals surface area contributed by atoms with Crippen molar-refractivity contribution in [3.05, 3.63) is 51.4 Å². The van der Waals surface area contributed by atoms with Crippen molar-refractivity contribution in [1.29, 1.82) is 5.26 Å². The molecule has 0 aliphatic rings. The fraction of sp³-hybridized carbons (Fsp3) is 0.143. The summed E-state index contributed by atoms with van der Waals surface area (Å²) in [6, 6.07) is 8.53. The van der Waals surface area contributed by atoms with Crippen molar-refractivity contribution in [3.8, 4) is 6.07 Å². The lowest BCUT2D eigenvalue weighted by Crippen LogP contribution is -1.98. The van der Waals surface area contributed by atoms with E-state index in [2.05, 4.69) is 32.3 Å². The molecule has 3 nitrogen and oxygen atoms in total. The summed E-state index contributed by atoms with van der Waals surface area (Å²) in [5.74, 6) is 0.260. The number of halogens is 2. The molecule has 0 aliphatic carbocycles. The zero-order chi connectivity index (χ0) is 14.0. The Morgan fingerprint density at radius 3 is 2.68 bits per heavy atom. The molecule has 19 heavy (non-hydrogen) atoms. The van der Waals surface area contributed by atoms with Crippen LogP contribution in [0.4, 0.5) is 15.9 Å². The second kappa shape index (κ2) is 5.37. The van der Waals surface area contributed by atoms with Gasteiger partial charge in [0.1, 0.15) is 11.6 Å². The fourth-order valence-corrected chi connectivity index (χ4v) is 2.06. The first-order valence-corrected chi connectivity index (χ1v) is 6.40. The number of hydrogen-bond acceptors (Lipinski definition) is 3. The van der Waals surface area contributed by atoms with Crippen LogP contribution in [0.5, 0.6) is 0 Å². The summed E-state index contributed by atoms with van der Waals surface area (Å²) >= 11 is 3.15. The highest BCUT2D eigenvalue weighted by Gasteiger charge is 2.07. The van der Waals surface area contributed by atoms with Gasteiger partial charge in [-0.1, -0.05) is 0 Å². The van der Waals surface area contributed by atoms with Gasteiger partial charge in [-0.25, -0.2) is 9.37 Å². The summed E-state index contributed by atoms with van der Waals surface area (Å²) in [5, 5.41) is 12.0. The van der Waals surface area contributed by atoms with Crippen molar-refractivity contribution >= 4 is 27.4 Å². The summed E-state index contributed by atoms with van der Waals surface area (Å²) < 4.78 is 13.7. The van der Waals surface area contributed by atoms with Gasteiger partial charge in [0, 0.05) is 11.4 Å². The lowest BCUT2D eigenvalue weighted by atomic mass is 10.2. The molecular weight excluding hydrogens is 309 g/mol. The van der Waals surface area contributed by atoms with Gasteiger partial charge in [0.15, 0.2) is 0 Å². The first kappa shape index (κ1) is 13.5. The Morgan fingerprint density at radius 1 is 1.26 bits per heavy atom. The van der Waals surface area contributed by atoms with Gasteiger partial charge in [0.2, 0.25) is 0 Å². The maximum absolute atomic E-state index is 13.3. The van der Waals surface area contributed by atoms with E-state index in [0.29, 0.717) is 15.9 Å². The smallest absolute Gasteiger partial charge is 0.137 e. The molecule has 5 heteroatoms. The minimum Gasteiger partial charge on any atom is -0.340 e. The minimum atomic E-state index is -0.307. The second-order valence-electron chi connectivity index (χ2n) is 4.20. The lowest BCUT2D eigenvalue weighted by molar-refractivity contribution is 0.620. The average molecular weight is 320 g/mol. The third-order valence-corrected chi connectivity index (χ3v) is 3.22. The number of hydrogen-bond donors (Lipinski definition) is 1. The number of aromatic nitrogens is 1. The van der Waals surface area contributed by atoms with Gasteiger partial charge in [-0.15, -0.1) is 0 Å². The molecule has 0 fully saturated rings. The van der Waals surface area contributed by atoms with Crippen LogP contribution >= 0.6 is 15.9 Å². The Morgan fingerprint density at radius 2 is 2.00 bits per heavy atom. The van der Waals surface area contributed by atoms with E-state index in [4.69, 9.17) is 5.26 Å². The summed E-state index contributed by atoms with van der Waals surface area (Å²) in [5.41, 5.74) is 2.80. The molecule has 1 aromatic heterocycles. The molecule has 1 heterocycles. The van der Waals surface area contributed by atoms with Gasteiger partial charge in [-0.05, 0) is 59.6 Å². The predicted octanol–water partition coefficient (Wildman–Crippen LogP) is 4.22. The Kier molecular flexibility index (Phi) is 3.82. The standard InChI is InChI=1S/C14H11BrFN3/c1-8-3-12(16)11(15)6-13(8)19-14-5-10(7-17)4-9(2)18-14/h3-6H,1-2H3,(H,18,19). The molecule has 0 spiro atoms. The zero-order valence-electron chi connectivity index (χ0n) is 10.5. The van der Waals surface area contributed by atoms with E-state index < -0.39 is 0 Å². The van der Waals surface area contributed by atoms with Crippen LogP contribution in [0.2, 0.25) is 0 Å². The first-order chi connectivity index (χ1) is 8.99. The summed E-state index contributed by atoms with van der Waals surface area (Å²) in [6.45, 7) is 3.62. The zero-order valence-corrected chi connectivity index (χ0v) is 12.0. The highest BCUT2D eigenvalue weighted by Crippen LogP contribution is 2.26. The molecular formula is C14H11BrFN3. The van der Waals surface area contributed by atoms with Crippen LogP contribution in [0.3, 0.4) is 0 Å². The summed E-state index contributed by atoms with van der Waals surface area (Å²) in [7, 11) is 0. The van der Waals surface area contributed by atoms with Crippen molar-refractivity contribution in [2.24, 2.45) is 0 Å². The molecule has 0 unspecified atom stereocenters. The van der Waals surface area contributed by atoms with E-state index in [1.54, 1.807) is 25.1 Å². The highest BCUT2D eigenvalue weighted by molar-refractivity contribution is 9.10. The van der Waals surface area contributed by atoms with Crippen LogP contribution < -0.4 is 5.32 Å². The number of anilines is 2. The highest BCUT2D eigenvalue weighted by atomic mass is 79.9. The molecule has 0 amide bonds. The number of nitrogens with one attached hydrogen (secondary N) is 1. The van der Waals surface area contributed by atoms with E-state index in [1.807, 2.05) is 6.92 Å². The normalized spacial score (nSPS) is 10.1. The van der Waals surface area contributed by atoms with Gasteiger partial charge in [0.25, 0.3) is 0 Å². The molecule has 0 bridgehead atoms. The maximum Gasteiger partial charge on any atom is 0.137 e. The molecule has 2 rings (SSSR count). The number of rotatable bonds is 2. The van der Waals surface area contributed by atoms with E-state index in [9.17, 15) is 4.39 Å². The van der Waals surface area contributed by atoms with Gasteiger partial charge in [0.05, 0.1) is 16.1 Å². The average Bonchev–Trinajstić information content (AvgIpc) is 2.35. The number of benzene rings is 1. The molecule has 2 aromatic rings. The largest absolute Gasteiger partial charge is 0.340 e. The van der Waals surface area contributed by atoms with Crippen LogP contribution in [0.15, 0.2) is 28.7 Å². The quantitative estimate of drug-likeness (QED) is 0.901. The van der Waals surface area contributed by atoms with Crippen molar-refractivity contribution in [2.75, 3.05) is 5.32 Å². The van der Waals surface area contributed by atoms with E-state index in [0.717, 1.165) is 16.9 Å². The SMILES string of the molecule is Cc1cc(C#N)cc(Nc2cc(Br)c(F)cc2C)n1. The van der Waals surface area contributed by atoms with Gasteiger partial charge in [-0.3, -0.25) is 0 Å². The van der Waals surface area contributed by atoms with Gasteiger partial charge < -0.3 is 5.32 Å². The maximum atomic E-state index is 13.3. The van der Waals surface area contributed by atoms with Gasteiger partial charge >= 0.3 is 0 Å². The van der Waals surface area contributed by atoms with Crippen LogP contribution in [-0.2, 0) is 0 Å². The molecule has 0 aliphatic heterocycles. The van der Waals surface area contributed by atoms with Crippen LogP contribution in [0, 0.1) is 31.0 Å². The number of nitrogens with zero attached hydrogens (tertiary/aromatic N) is 2. The van der Waals surface area contributed by atoms with Crippen molar-refractivity contribution in [1.82, 2.24) is 4.98 Å². The topological polar surface area (TPSA) is 48.7 Å². The molecule has 0 atom stereocenters. The van der Waals surface area contributed by atoms with E-state index in [1.165, 1.54) is 6.07 Å². The Bertz CT molecular complexity index is 677. The third kappa shape index (κ3) is 3.09. The van der Waals surface area contributed by atoms with E-state index >= 15 is 0 Å². The van der Waals surface area contributed by atoms with Crippen LogP contribution in [0.1, 0.15) is 16.8 Å². The molecule has 1 N–H and O–H groups in total. The van der Waals surface area contributed by atoms with Crippen LogP contribution in [-0.4, -0.2) is 4.98 Å². The Labute approximate surface area is 119 Å². The minimum absolute atomic E-state index is 0.307. The number of nitriles is 1. The van der Waals surface area contributed by atoms with Crippen molar-refractivity contribution in [2.45, 2.75) is 13.8 Å². The molecule has 0 saturated carbocycles. The monoisotopic (exact) mass is 319 g/mol. The Balaban J connectivity index is 2.39. The molecule has 96 valence electrons. The number of pyridine rings is 1. The molecule has 0 radical (unpaired) electrons. The molecule has 0 saturated heterocycles. The van der Waals surface area contributed by atoms with E-state index in [-0.39, 0.29) is 5.82 Å². The first-order valence-electron chi connectivity index (χ1n) is 5.61. The van der Waals surface area contributed by atoms with Gasteiger partial charge in [-0.2, -0.15) is 5.26 Å². The Hall–Kier alpha value is -1.93. The van der Waals surface area contributed by atoms with Crippen LogP contribution in [0.25, 0.3) is 0 Å². The molecule has 1 aromatic carbocycles. The summed E-state index contributed by atoms with van der Waals surface area (Å²) in [4.78, 5) is 4.30. The fourth-order valence-electron chi connectivity index (χ4n) is 1.72. The number of aryl methyl sites for hydroxylation is 2. The summed E-state index contributed by atoms with van der Waals surface area (Å²) in [6.07, 6.45) is 0.